The highest BCUT2D eigenvalue weighted by Crippen LogP contribution is 2.27. The van der Waals surface area contributed by atoms with E-state index in [4.69, 9.17) is 30.6 Å². The van der Waals surface area contributed by atoms with Gasteiger partial charge in [-0.1, -0.05) is 6.07 Å². The van der Waals surface area contributed by atoms with E-state index in [1.54, 1.807) is 13.1 Å². The van der Waals surface area contributed by atoms with Crippen molar-refractivity contribution in [1.82, 2.24) is 5.32 Å². The third-order valence-electron chi connectivity index (χ3n) is 2.59. The van der Waals surface area contributed by atoms with Gasteiger partial charge in [0.15, 0.2) is 23.7 Å². The molecule has 8 N–H and O–H groups in total. The summed E-state index contributed by atoms with van der Waals surface area (Å²) in [4.78, 5) is 19.5. The monoisotopic (exact) mass is 333 g/mol. The first-order chi connectivity index (χ1) is 10.6. The minimum Gasteiger partial charge on any atom is -0.504 e. The molecular formula is C13H19NO9. The quantitative estimate of drug-likeness (QED) is 0.277. The van der Waals surface area contributed by atoms with E-state index < -0.39 is 30.3 Å². The molecule has 2 unspecified atom stereocenters. The number of phenolic OH excluding ortho intramolecular Hbond substituents is 2. The summed E-state index contributed by atoms with van der Waals surface area (Å²) in [6.07, 6.45) is -5.20. The summed E-state index contributed by atoms with van der Waals surface area (Å²) in [5.41, 5.74) is 0.574. The second kappa shape index (κ2) is 9.58. The van der Waals surface area contributed by atoms with Gasteiger partial charge in [0.1, 0.15) is 0 Å². The van der Waals surface area contributed by atoms with Crippen molar-refractivity contribution in [3.8, 4) is 11.5 Å². The Hall–Kier alpha value is -2.40. The lowest BCUT2D eigenvalue weighted by molar-refractivity contribution is -0.165. The average Bonchev–Trinajstić information content (AvgIpc) is 2.49. The number of likely N-dealkylation sites (N-methyl/N-ethyl adjacent to an activating group) is 1. The van der Waals surface area contributed by atoms with E-state index in [2.05, 4.69) is 5.32 Å². The third kappa shape index (κ3) is 6.93. The first-order valence-corrected chi connectivity index (χ1v) is 6.28. The number of phenols is 2. The number of rotatable bonds is 6. The van der Waals surface area contributed by atoms with Gasteiger partial charge >= 0.3 is 11.9 Å². The van der Waals surface area contributed by atoms with Gasteiger partial charge in [-0.15, -0.1) is 0 Å². The number of carboxylic acids is 2. The Morgan fingerprint density at radius 1 is 1.00 bits per heavy atom. The Kier molecular flexibility index (Phi) is 8.58. The molecule has 0 fully saturated rings. The van der Waals surface area contributed by atoms with Crippen molar-refractivity contribution in [3.05, 3.63) is 23.8 Å². The summed E-state index contributed by atoms with van der Waals surface area (Å²) >= 11 is 0. The van der Waals surface area contributed by atoms with Crippen LogP contribution in [-0.2, 0) is 9.59 Å². The van der Waals surface area contributed by atoms with Gasteiger partial charge in [0.05, 0.1) is 6.10 Å². The Morgan fingerprint density at radius 2 is 1.48 bits per heavy atom. The van der Waals surface area contributed by atoms with E-state index in [-0.39, 0.29) is 11.5 Å². The first-order valence-electron chi connectivity index (χ1n) is 6.28. The van der Waals surface area contributed by atoms with Gasteiger partial charge in [-0.05, 0) is 24.7 Å². The summed E-state index contributed by atoms with van der Waals surface area (Å²) in [5.74, 6) is -3.93. The van der Waals surface area contributed by atoms with Gasteiger partial charge in [0, 0.05) is 6.54 Å². The number of hydrogen-bond donors (Lipinski definition) is 8. The van der Waals surface area contributed by atoms with Crippen molar-refractivity contribution in [2.45, 2.75) is 18.3 Å². The first kappa shape index (κ1) is 20.6. The molecule has 0 bridgehead atoms. The molecule has 1 aromatic carbocycles. The molecule has 23 heavy (non-hydrogen) atoms. The second-order valence-electron chi connectivity index (χ2n) is 4.39. The normalized spacial score (nSPS) is 14.1. The molecule has 0 saturated heterocycles. The number of aliphatic hydroxyl groups excluding tert-OH is 3. The smallest absolute Gasteiger partial charge is 0.335 e. The van der Waals surface area contributed by atoms with Crippen molar-refractivity contribution in [1.29, 1.82) is 0 Å². The fraction of sp³-hybridized carbons (Fsp3) is 0.385. The number of benzene rings is 1. The fourth-order valence-electron chi connectivity index (χ4n) is 1.33. The maximum atomic E-state index is 9.77. The molecule has 0 saturated carbocycles. The number of nitrogens with one attached hydrogen (secondary N) is 1. The number of aliphatic hydroxyl groups is 3. The Balaban J connectivity index is 0.000000438. The van der Waals surface area contributed by atoms with Crippen LogP contribution in [0, 0.1) is 0 Å². The molecule has 1 aromatic rings. The van der Waals surface area contributed by atoms with Gasteiger partial charge < -0.3 is 41.1 Å². The Morgan fingerprint density at radius 3 is 1.83 bits per heavy atom. The lowest BCUT2D eigenvalue weighted by atomic mass is 10.1. The van der Waals surface area contributed by atoms with E-state index >= 15 is 0 Å². The molecule has 3 atom stereocenters. The molecule has 0 amide bonds. The largest absolute Gasteiger partial charge is 0.504 e. The van der Waals surface area contributed by atoms with Gasteiger partial charge in [-0.2, -0.15) is 0 Å². The van der Waals surface area contributed by atoms with Crippen LogP contribution in [0.3, 0.4) is 0 Å². The zero-order chi connectivity index (χ0) is 18.2. The van der Waals surface area contributed by atoms with Crippen LogP contribution in [0.15, 0.2) is 18.2 Å². The minimum absolute atomic E-state index is 0.180. The Bertz CT molecular complexity index is 516. The fourth-order valence-corrected chi connectivity index (χ4v) is 1.33. The summed E-state index contributed by atoms with van der Waals surface area (Å²) in [6.45, 7) is 0.407. The molecule has 0 aliphatic carbocycles. The van der Waals surface area contributed by atoms with E-state index in [0.29, 0.717) is 12.1 Å². The van der Waals surface area contributed by atoms with E-state index in [9.17, 15) is 14.7 Å². The van der Waals surface area contributed by atoms with Crippen LogP contribution < -0.4 is 5.32 Å². The predicted molar refractivity (Wildman–Crippen MR) is 75.9 cm³/mol. The third-order valence-corrected chi connectivity index (χ3v) is 2.59. The highest BCUT2D eigenvalue weighted by molar-refractivity contribution is 5.83. The molecular weight excluding hydrogens is 314 g/mol. The average molecular weight is 333 g/mol. The standard InChI is InChI=1S/C9H13NO3.C4H6O6/c1-10-5-9(13)6-2-3-7(11)8(12)4-6;5-1(3(7)8)2(6)4(9)10/h2-4,9-13H,5H2,1H3;1-2,5-6H,(H,7,8)(H,9,10)/t9-;/m1./s1. The SMILES string of the molecule is CNC[C@@H](O)c1ccc(O)c(O)c1.O=C(O)C(O)C(O)C(=O)O. The molecule has 0 aromatic heterocycles. The number of hydrogen-bond acceptors (Lipinski definition) is 8. The van der Waals surface area contributed by atoms with E-state index in [1.165, 1.54) is 12.1 Å². The van der Waals surface area contributed by atoms with Crippen molar-refractivity contribution in [3.63, 3.8) is 0 Å². The molecule has 130 valence electrons. The molecule has 0 heterocycles. The number of carboxylic acid groups (broad SMARTS) is 2. The van der Waals surface area contributed by atoms with Crippen molar-refractivity contribution in [2.75, 3.05) is 13.6 Å². The van der Waals surface area contributed by atoms with Crippen LogP contribution in [0.4, 0.5) is 0 Å². The number of carbonyl (C=O) groups is 2. The topological polar surface area (TPSA) is 188 Å². The number of aliphatic carboxylic acids is 2. The minimum atomic E-state index is -2.27. The van der Waals surface area contributed by atoms with Crippen LogP contribution >= 0.6 is 0 Å². The van der Waals surface area contributed by atoms with Gasteiger partial charge in [-0.3, -0.25) is 0 Å². The van der Waals surface area contributed by atoms with E-state index in [0.717, 1.165) is 0 Å². The number of aromatic hydroxyl groups is 2. The van der Waals surface area contributed by atoms with Gasteiger partial charge in [0.2, 0.25) is 0 Å². The predicted octanol–water partition coefficient (Wildman–Crippen LogP) is -1.77. The second-order valence-corrected chi connectivity index (χ2v) is 4.39. The zero-order valence-electron chi connectivity index (χ0n) is 12.1. The van der Waals surface area contributed by atoms with Crippen molar-refractivity contribution >= 4 is 11.9 Å². The lowest BCUT2D eigenvalue weighted by Crippen LogP contribution is -2.39. The lowest BCUT2D eigenvalue weighted by Gasteiger charge is -2.10. The zero-order valence-corrected chi connectivity index (χ0v) is 12.1. The molecule has 10 nitrogen and oxygen atoms in total. The summed E-state index contributed by atoms with van der Waals surface area (Å²) in [7, 11) is 1.73. The van der Waals surface area contributed by atoms with Crippen LogP contribution in [0.5, 0.6) is 11.5 Å². The summed E-state index contributed by atoms with van der Waals surface area (Å²) in [6, 6.07) is 4.26. The molecule has 0 spiro atoms. The van der Waals surface area contributed by atoms with Crippen LogP contribution in [0.25, 0.3) is 0 Å². The van der Waals surface area contributed by atoms with Crippen molar-refractivity contribution in [2.24, 2.45) is 0 Å². The van der Waals surface area contributed by atoms with Crippen molar-refractivity contribution < 1.29 is 45.3 Å². The maximum absolute atomic E-state index is 9.77. The van der Waals surface area contributed by atoms with Crippen LogP contribution in [-0.4, -0.2) is 73.5 Å². The molecule has 1 rings (SSSR count). The highest BCUT2D eigenvalue weighted by Gasteiger charge is 2.29. The molecule has 0 radical (unpaired) electrons. The van der Waals surface area contributed by atoms with Crippen LogP contribution in [0.2, 0.25) is 0 Å². The summed E-state index contributed by atoms with van der Waals surface area (Å²) < 4.78 is 0. The van der Waals surface area contributed by atoms with Gasteiger partial charge in [0.25, 0.3) is 0 Å². The van der Waals surface area contributed by atoms with Gasteiger partial charge in [-0.25, -0.2) is 9.59 Å². The van der Waals surface area contributed by atoms with Crippen LogP contribution in [0.1, 0.15) is 11.7 Å². The highest BCUT2D eigenvalue weighted by atomic mass is 16.4. The maximum Gasteiger partial charge on any atom is 0.335 e. The molecule has 10 heteroatoms. The summed E-state index contributed by atoms with van der Waals surface area (Å²) in [5, 5.41) is 63.0. The molecule has 0 aliphatic rings. The molecule has 0 aliphatic heterocycles. The Labute approximate surface area is 130 Å². The van der Waals surface area contributed by atoms with E-state index in [1.807, 2.05) is 0 Å².